The number of halogens is 2. The van der Waals surface area contributed by atoms with Crippen LogP contribution in [0.25, 0.3) is 0 Å². The molecule has 0 aliphatic rings. The molecule has 0 amide bonds. The predicted octanol–water partition coefficient (Wildman–Crippen LogP) is 2.87. The van der Waals surface area contributed by atoms with E-state index in [0.717, 1.165) is 19.3 Å². The zero-order valence-electron chi connectivity index (χ0n) is 8.56. The van der Waals surface area contributed by atoms with Crippen LogP contribution in [-0.4, -0.2) is 14.9 Å². The molecule has 2 rings (SSSR count). The van der Waals surface area contributed by atoms with Gasteiger partial charge in [-0.05, 0) is 46.9 Å². The third-order valence-corrected chi connectivity index (χ3v) is 3.78. The monoisotopic (exact) mass is 392 g/mol. The quantitative estimate of drug-likeness (QED) is 0.798. The summed E-state index contributed by atoms with van der Waals surface area (Å²) in [6.45, 7) is 0. The van der Waals surface area contributed by atoms with Crippen molar-refractivity contribution in [3.63, 3.8) is 0 Å². The molecule has 1 atom stereocenters. The second kappa shape index (κ2) is 4.85. The van der Waals surface area contributed by atoms with Crippen LogP contribution in [0.5, 0.6) is 0 Å². The summed E-state index contributed by atoms with van der Waals surface area (Å²) >= 11 is 5.68. The van der Waals surface area contributed by atoms with Gasteiger partial charge in [0.25, 0.3) is 0 Å². The lowest BCUT2D eigenvalue weighted by atomic mass is 10.1. The molecule has 5 heteroatoms. The fraction of sp³-hybridized carbons (Fsp3) is 0.182. The standard InChI is InChI=1S/C11H10BrIN2O/c1-15-10(4-5-14-15)11(16)8-6-7(13)2-3-9(8)12/h2-6,11,16H,1H3. The van der Waals surface area contributed by atoms with Crippen molar-refractivity contribution in [3.05, 3.63) is 49.8 Å². The number of hydrogen-bond donors (Lipinski definition) is 1. The molecule has 0 radical (unpaired) electrons. The summed E-state index contributed by atoms with van der Waals surface area (Å²) in [5.74, 6) is 0. The summed E-state index contributed by atoms with van der Waals surface area (Å²) < 4.78 is 3.68. The van der Waals surface area contributed by atoms with Crippen molar-refractivity contribution < 1.29 is 5.11 Å². The predicted molar refractivity (Wildman–Crippen MR) is 74.1 cm³/mol. The zero-order chi connectivity index (χ0) is 11.7. The molecule has 0 fully saturated rings. The van der Waals surface area contributed by atoms with Gasteiger partial charge in [0.15, 0.2) is 0 Å². The molecule has 84 valence electrons. The third-order valence-electron chi connectivity index (χ3n) is 2.39. The van der Waals surface area contributed by atoms with Crippen LogP contribution < -0.4 is 0 Å². The van der Waals surface area contributed by atoms with E-state index >= 15 is 0 Å². The minimum Gasteiger partial charge on any atom is -0.382 e. The Hall–Kier alpha value is -0.400. The number of benzene rings is 1. The van der Waals surface area contributed by atoms with Gasteiger partial charge in [0, 0.05) is 26.9 Å². The van der Waals surface area contributed by atoms with E-state index < -0.39 is 6.10 Å². The maximum absolute atomic E-state index is 10.3. The van der Waals surface area contributed by atoms with Crippen LogP contribution in [0.4, 0.5) is 0 Å². The van der Waals surface area contributed by atoms with Crippen molar-refractivity contribution in [2.24, 2.45) is 7.05 Å². The van der Waals surface area contributed by atoms with E-state index in [0.29, 0.717) is 0 Å². The van der Waals surface area contributed by atoms with E-state index in [-0.39, 0.29) is 0 Å². The molecule has 3 nitrogen and oxygen atoms in total. The highest BCUT2D eigenvalue weighted by Crippen LogP contribution is 2.29. The highest BCUT2D eigenvalue weighted by molar-refractivity contribution is 14.1. The lowest BCUT2D eigenvalue weighted by Gasteiger charge is -2.13. The Kier molecular flexibility index (Phi) is 3.66. The third kappa shape index (κ3) is 2.31. The number of aromatic nitrogens is 2. The Bertz CT molecular complexity index is 512. The van der Waals surface area contributed by atoms with Gasteiger partial charge in [-0.25, -0.2) is 0 Å². The molecule has 0 saturated heterocycles. The summed E-state index contributed by atoms with van der Waals surface area (Å²) in [7, 11) is 1.82. The van der Waals surface area contributed by atoms with Gasteiger partial charge < -0.3 is 5.11 Å². The largest absolute Gasteiger partial charge is 0.382 e. The average molecular weight is 393 g/mol. The summed E-state index contributed by atoms with van der Waals surface area (Å²) in [5, 5.41) is 14.3. The fourth-order valence-electron chi connectivity index (χ4n) is 1.54. The van der Waals surface area contributed by atoms with E-state index in [2.05, 4.69) is 43.6 Å². The first-order chi connectivity index (χ1) is 7.59. The first-order valence-corrected chi connectivity index (χ1v) is 6.57. The second-order valence-electron chi connectivity index (χ2n) is 3.45. The minimum absolute atomic E-state index is 0.656. The number of aliphatic hydroxyl groups is 1. The van der Waals surface area contributed by atoms with Gasteiger partial charge in [-0.3, -0.25) is 4.68 Å². The zero-order valence-corrected chi connectivity index (χ0v) is 12.3. The van der Waals surface area contributed by atoms with Crippen molar-refractivity contribution in [3.8, 4) is 0 Å². The SMILES string of the molecule is Cn1nccc1C(O)c1cc(I)ccc1Br. The van der Waals surface area contributed by atoms with E-state index in [1.54, 1.807) is 10.9 Å². The molecule has 1 aromatic carbocycles. The van der Waals surface area contributed by atoms with Crippen molar-refractivity contribution >= 4 is 38.5 Å². The van der Waals surface area contributed by atoms with E-state index in [1.807, 2.05) is 31.3 Å². The van der Waals surface area contributed by atoms with Crippen LogP contribution in [0.2, 0.25) is 0 Å². The number of hydrogen-bond acceptors (Lipinski definition) is 2. The Morgan fingerprint density at radius 2 is 2.19 bits per heavy atom. The van der Waals surface area contributed by atoms with Gasteiger partial charge in [0.2, 0.25) is 0 Å². The van der Waals surface area contributed by atoms with Gasteiger partial charge in [0.05, 0.1) is 5.69 Å². The molecule has 0 spiro atoms. The maximum atomic E-state index is 10.3. The second-order valence-corrected chi connectivity index (χ2v) is 5.55. The van der Waals surface area contributed by atoms with Crippen molar-refractivity contribution in [2.75, 3.05) is 0 Å². The van der Waals surface area contributed by atoms with E-state index in [1.165, 1.54) is 0 Å². The van der Waals surface area contributed by atoms with Crippen LogP contribution in [-0.2, 0) is 7.05 Å². The van der Waals surface area contributed by atoms with E-state index in [9.17, 15) is 5.11 Å². The molecule has 1 heterocycles. The van der Waals surface area contributed by atoms with Crippen molar-refractivity contribution in [1.82, 2.24) is 9.78 Å². The molecule has 1 unspecified atom stereocenters. The molecule has 1 N–H and O–H groups in total. The van der Waals surface area contributed by atoms with Gasteiger partial charge in [-0.2, -0.15) is 5.10 Å². The molecular weight excluding hydrogens is 383 g/mol. The van der Waals surface area contributed by atoms with Crippen molar-refractivity contribution in [2.45, 2.75) is 6.10 Å². The molecule has 0 saturated carbocycles. The highest BCUT2D eigenvalue weighted by Gasteiger charge is 2.16. The Morgan fingerprint density at radius 1 is 1.44 bits per heavy atom. The van der Waals surface area contributed by atoms with Gasteiger partial charge in [-0.1, -0.05) is 15.9 Å². The molecule has 16 heavy (non-hydrogen) atoms. The lowest BCUT2D eigenvalue weighted by Crippen LogP contribution is -2.07. The van der Waals surface area contributed by atoms with Gasteiger partial charge in [-0.15, -0.1) is 0 Å². The molecule has 0 bridgehead atoms. The van der Waals surface area contributed by atoms with Crippen molar-refractivity contribution in [1.29, 1.82) is 0 Å². The molecule has 0 aliphatic carbocycles. The minimum atomic E-state index is -0.656. The molecule has 0 aliphatic heterocycles. The van der Waals surface area contributed by atoms with E-state index in [4.69, 9.17) is 0 Å². The van der Waals surface area contributed by atoms with Gasteiger partial charge in [0.1, 0.15) is 6.10 Å². The van der Waals surface area contributed by atoms with Crippen LogP contribution >= 0.6 is 38.5 Å². The lowest BCUT2D eigenvalue weighted by molar-refractivity contribution is 0.209. The number of rotatable bonds is 2. The average Bonchev–Trinajstić information content (AvgIpc) is 2.67. The summed E-state index contributed by atoms with van der Waals surface area (Å²) in [6.07, 6.45) is 1.02. The smallest absolute Gasteiger partial charge is 0.122 e. The number of aryl methyl sites for hydroxylation is 1. The fourth-order valence-corrected chi connectivity index (χ4v) is 2.51. The summed E-state index contributed by atoms with van der Waals surface area (Å²) in [5.41, 5.74) is 1.64. The topological polar surface area (TPSA) is 38.0 Å². The molecule has 2 aromatic rings. The number of nitrogens with zero attached hydrogens (tertiary/aromatic N) is 2. The van der Waals surface area contributed by atoms with Crippen LogP contribution in [0.15, 0.2) is 34.9 Å². The Labute approximate surface area is 116 Å². The Morgan fingerprint density at radius 3 is 2.81 bits per heavy atom. The Balaban J connectivity index is 2.45. The summed E-state index contributed by atoms with van der Waals surface area (Å²) in [6, 6.07) is 7.71. The van der Waals surface area contributed by atoms with Crippen LogP contribution in [0.1, 0.15) is 17.4 Å². The van der Waals surface area contributed by atoms with Gasteiger partial charge >= 0.3 is 0 Å². The first-order valence-electron chi connectivity index (χ1n) is 4.70. The van der Waals surface area contributed by atoms with Crippen LogP contribution in [0.3, 0.4) is 0 Å². The first kappa shape index (κ1) is 12.1. The summed E-state index contributed by atoms with van der Waals surface area (Å²) in [4.78, 5) is 0. The van der Waals surface area contributed by atoms with Crippen LogP contribution in [0, 0.1) is 3.57 Å². The maximum Gasteiger partial charge on any atom is 0.122 e. The number of aliphatic hydroxyl groups excluding tert-OH is 1. The molecular formula is C11H10BrIN2O. The highest BCUT2D eigenvalue weighted by atomic mass is 127. The normalized spacial score (nSPS) is 12.8. The molecule has 1 aromatic heterocycles.